The monoisotopic (exact) mass is 775 g/mol. The lowest BCUT2D eigenvalue weighted by molar-refractivity contribution is -0.158. The van der Waals surface area contributed by atoms with Crippen LogP contribution in [0, 0.1) is 12.8 Å². The van der Waals surface area contributed by atoms with E-state index in [9.17, 15) is 29.1 Å². The van der Waals surface area contributed by atoms with Gasteiger partial charge in [0.1, 0.15) is 12.7 Å². The van der Waals surface area contributed by atoms with E-state index in [0.29, 0.717) is 30.6 Å². The van der Waals surface area contributed by atoms with Gasteiger partial charge in [-0.1, -0.05) is 121 Å². The molecular weight excluding hydrogens is 727 g/mol. The van der Waals surface area contributed by atoms with E-state index in [4.69, 9.17) is 18.9 Å². The topological polar surface area (TPSA) is 146 Å². The van der Waals surface area contributed by atoms with Gasteiger partial charge in [0.15, 0.2) is 17.7 Å². The molecule has 11 heteroatoms. The Morgan fingerprint density at radius 2 is 1.53 bits per heavy atom. The first-order valence-corrected chi connectivity index (χ1v) is 19.1. The Labute approximate surface area is 333 Å². The van der Waals surface area contributed by atoms with Crippen LogP contribution in [0.25, 0.3) is 5.57 Å². The molecule has 11 nitrogen and oxygen atoms in total. The Morgan fingerprint density at radius 1 is 0.877 bits per heavy atom. The van der Waals surface area contributed by atoms with Crippen molar-refractivity contribution in [3.8, 4) is 0 Å². The van der Waals surface area contributed by atoms with E-state index in [1.54, 1.807) is 48.5 Å². The normalized spacial score (nSPS) is 15.7. The average Bonchev–Trinajstić information content (AvgIpc) is 3.58. The summed E-state index contributed by atoms with van der Waals surface area (Å²) < 4.78 is 22.5. The van der Waals surface area contributed by atoms with E-state index in [1.807, 2.05) is 73.7 Å². The maximum absolute atomic E-state index is 14.6. The third-order valence-corrected chi connectivity index (χ3v) is 9.51. The summed E-state index contributed by atoms with van der Waals surface area (Å²) in [6.07, 6.45) is -1.37. The molecule has 1 N–H and O–H groups in total. The Morgan fingerprint density at radius 3 is 2.16 bits per heavy atom. The molecule has 0 saturated carbocycles. The number of carbonyl (C=O) groups is 5. The molecule has 57 heavy (non-hydrogen) atoms. The molecule has 4 atom stereocenters. The van der Waals surface area contributed by atoms with Crippen LogP contribution in [-0.2, 0) is 57.6 Å². The second-order valence-electron chi connectivity index (χ2n) is 14.0. The first-order chi connectivity index (χ1) is 27.6. The fraction of sp³-hybridized carbons (Fsp3) is 0.326. The van der Waals surface area contributed by atoms with Crippen LogP contribution >= 0.6 is 0 Å². The number of Topliss-reactive ketones (excluding diaryl/α,β-unsaturated/α-hetero) is 1. The summed E-state index contributed by atoms with van der Waals surface area (Å²) in [5.74, 6) is -4.03. The van der Waals surface area contributed by atoms with Crippen molar-refractivity contribution < 1.29 is 48.0 Å². The predicted octanol–water partition coefficient (Wildman–Crippen LogP) is 6.27. The van der Waals surface area contributed by atoms with Crippen LogP contribution in [0.1, 0.15) is 47.6 Å². The van der Waals surface area contributed by atoms with Gasteiger partial charge in [0.25, 0.3) is 0 Å². The van der Waals surface area contributed by atoms with Crippen LogP contribution in [0.3, 0.4) is 0 Å². The van der Waals surface area contributed by atoms with Gasteiger partial charge in [-0.3, -0.25) is 19.2 Å². The van der Waals surface area contributed by atoms with Gasteiger partial charge in [0, 0.05) is 25.5 Å². The number of ether oxygens (including phenoxy) is 4. The Bertz CT molecular complexity index is 1980. The molecule has 5 rings (SSSR count). The SMILES string of the molecule is CC(=O)OC(C(=O)C=C(C(=O)CCCOCC(CO)OCc1ccccc1)c1cccc(C)c1)C(Cc1ccccc1)C(=O)N1C(=O)OCC1Cc1ccccc1. The van der Waals surface area contributed by atoms with E-state index in [0.717, 1.165) is 34.6 Å². The number of rotatable bonds is 21. The number of benzene rings is 4. The quantitative estimate of drug-likeness (QED) is 0.0584. The molecule has 2 amide bonds. The van der Waals surface area contributed by atoms with Crippen molar-refractivity contribution in [2.75, 3.05) is 26.4 Å². The van der Waals surface area contributed by atoms with Crippen LogP contribution in [0.15, 0.2) is 121 Å². The molecule has 1 aliphatic rings. The minimum absolute atomic E-state index is 0.00705. The second-order valence-corrected chi connectivity index (χ2v) is 14.0. The van der Waals surface area contributed by atoms with Crippen LogP contribution in [0.2, 0.25) is 0 Å². The lowest BCUT2D eigenvalue weighted by atomic mass is 9.87. The lowest BCUT2D eigenvalue weighted by Gasteiger charge is -2.29. The molecule has 0 aromatic heterocycles. The smallest absolute Gasteiger partial charge is 0.416 e. The van der Waals surface area contributed by atoms with Crippen molar-refractivity contribution in [3.05, 3.63) is 149 Å². The van der Waals surface area contributed by atoms with E-state index < -0.39 is 47.9 Å². The van der Waals surface area contributed by atoms with Crippen LogP contribution in [-0.4, -0.2) is 84.2 Å². The number of allylic oxidation sites excluding steroid dienone is 1. The number of cyclic esters (lactones) is 1. The van der Waals surface area contributed by atoms with Crippen molar-refractivity contribution in [1.29, 1.82) is 0 Å². The summed E-state index contributed by atoms with van der Waals surface area (Å²) in [5.41, 5.74) is 3.91. The molecule has 298 valence electrons. The molecule has 0 aliphatic carbocycles. The zero-order valence-corrected chi connectivity index (χ0v) is 32.3. The van der Waals surface area contributed by atoms with Gasteiger partial charge in [-0.05, 0) is 54.5 Å². The number of hydrogen-bond donors (Lipinski definition) is 1. The number of aliphatic hydroxyl groups excluding tert-OH is 1. The summed E-state index contributed by atoms with van der Waals surface area (Å²) in [4.78, 5) is 69.8. The molecular formula is C46H49NO10. The van der Waals surface area contributed by atoms with Crippen LogP contribution in [0.4, 0.5) is 4.79 Å². The number of nitrogens with zero attached hydrogens (tertiary/aromatic N) is 1. The first-order valence-electron chi connectivity index (χ1n) is 19.1. The van der Waals surface area contributed by atoms with Gasteiger partial charge in [0.05, 0.1) is 31.8 Å². The number of hydrogen-bond acceptors (Lipinski definition) is 10. The van der Waals surface area contributed by atoms with Crippen molar-refractivity contribution >= 4 is 35.1 Å². The molecule has 0 bridgehead atoms. The van der Waals surface area contributed by atoms with Crippen LogP contribution in [0.5, 0.6) is 0 Å². The highest BCUT2D eigenvalue weighted by Crippen LogP contribution is 2.28. The zero-order chi connectivity index (χ0) is 40.6. The molecule has 4 aromatic carbocycles. The third-order valence-electron chi connectivity index (χ3n) is 9.51. The number of esters is 1. The molecule has 1 saturated heterocycles. The molecule has 1 heterocycles. The molecule has 0 radical (unpaired) electrons. The molecule has 0 spiro atoms. The van der Waals surface area contributed by atoms with Gasteiger partial charge in [0.2, 0.25) is 5.91 Å². The zero-order valence-electron chi connectivity index (χ0n) is 32.3. The molecule has 1 aliphatic heterocycles. The van der Waals surface area contributed by atoms with Gasteiger partial charge in [-0.15, -0.1) is 0 Å². The summed E-state index contributed by atoms with van der Waals surface area (Å²) in [5, 5.41) is 9.78. The maximum Gasteiger partial charge on any atom is 0.416 e. The summed E-state index contributed by atoms with van der Waals surface area (Å²) in [7, 11) is 0. The third kappa shape index (κ3) is 12.6. The highest BCUT2D eigenvalue weighted by molar-refractivity contribution is 6.25. The summed E-state index contributed by atoms with van der Waals surface area (Å²) >= 11 is 0. The summed E-state index contributed by atoms with van der Waals surface area (Å²) in [6.45, 7) is 3.33. The second kappa shape index (κ2) is 21.5. The van der Waals surface area contributed by atoms with E-state index in [-0.39, 0.29) is 50.6 Å². The van der Waals surface area contributed by atoms with E-state index >= 15 is 0 Å². The minimum atomic E-state index is -1.68. The van der Waals surface area contributed by atoms with Gasteiger partial charge >= 0.3 is 12.1 Å². The van der Waals surface area contributed by atoms with Gasteiger partial charge in [-0.25, -0.2) is 9.69 Å². The van der Waals surface area contributed by atoms with Crippen molar-refractivity contribution in [1.82, 2.24) is 4.90 Å². The standard InChI is InChI=1S/C46H49NO10/c1-32-14-12-21-37(24-32)40(42(50)22-13-23-54-31-39(28-48)55-29-36-19-10-5-11-20-36)27-43(51)44(57-33(2)49)41(26-35-17-8-4-9-18-35)45(52)47-38(30-56-46(47)53)25-34-15-6-3-7-16-34/h3-12,14-21,24,27,38-39,41,44,48H,13,22-23,25-26,28-31H2,1-2H3. The first kappa shape index (κ1) is 42.4. The highest BCUT2D eigenvalue weighted by Gasteiger charge is 2.45. The van der Waals surface area contributed by atoms with Crippen LogP contribution < -0.4 is 0 Å². The number of aliphatic hydroxyl groups is 1. The van der Waals surface area contributed by atoms with Gasteiger partial charge < -0.3 is 24.1 Å². The van der Waals surface area contributed by atoms with E-state index in [2.05, 4.69) is 0 Å². The van der Waals surface area contributed by atoms with Gasteiger partial charge in [-0.2, -0.15) is 0 Å². The number of imide groups is 1. The number of carbonyl (C=O) groups excluding carboxylic acids is 5. The van der Waals surface area contributed by atoms with Crippen molar-refractivity contribution in [2.24, 2.45) is 5.92 Å². The van der Waals surface area contributed by atoms with E-state index in [1.165, 1.54) is 0 Å². The highest BCUT2D eigenvalue weighted by atomic mass is 16.6. The predicted molar refractivity (Wildman–Crippen MR) is 213 cm³/mol. The fourth-order valence-electron chi connectivity index (χ4n) is 6.64. The lowest BCUT2D eigenvalue weighted by Crippen LogP contribution is -2.49. The number of aryl methyl sites for hydroxylation is 1. The largest absolute Gasteiger partial charge is 0.453 e. The molecule has 4 aromatic rings. The Hall–Kier alpha value is -5.75. The van der Waals surface area contributed by atoms with Crippen molar-refractivity contribution in [3.63, 3.8) is 0 Å². The molecule has 1 fully saturated rings. The average molecular weight is 776 g/mol. The number of ketones is 2. The van der Waals surface area contributed by atoms with Crippen molar-refractivity contribution in [2.45, 2.75) is 64.4 Å². The molecule has 4 unspecified atom stereocenters. The fourth-order valence-corrected chi connectivity index (χ4v) is 6.64. The minimum Gasteiger partial charge on any atom is -0.453 e. The maximum atomic E-state index is 14.6. The Balaban J connectivity index is 1.37. The summed E-state index contributed by atoms with van der Waals surface area (Å²) in [6, 6.07) is 34.3. The Kier molecular flexibility index (Phi) is 16.0. The number of amides is 2.